The van der Waals surface area contributed by atoms with Gasteiger partial charge >= 0.3 is 5.63 Å². The van der Waals surface area contributed by atoms with Gasteiger partial charge in [-0.1, -0.05) is 29.8 Å². The molecule has 0 amide bonds. The number of hydrogen-bond donors (Lipinski definition) is 2. The second-order valence-corrected chi connectivity index (χ2v) is 7.35. The molecule has 0 atom stereocenters. The molecule has 6 nitrogen and oxygen atoms in total. The third kappa shape index (κ3) is 3.47. The molecule has 0 aliphatic heterocycles. The van der Waals surface area contributed by atoms with Crippen molar-refractivity contribution in [3.05, 3.63) is 64.0 Å². The van der Waals surface area contributed by atoms with E-state index in [9.17, 15) is 13.2 Å². The van der Waals surface area contributed by atoms with E-state index in [1.165, 1.54) is 18.2 Å². The van der Waals surface area contributed by atoms with Gasteiger partial charge in [0.15, 0.2) is 5.69 Å². The molecule has 0 bridgehead atoms. The molecule has 0 saturated carbocycles. The van der Waals surface area contributed by atoms with Crippen LogP contribution in [0.2, 0.25) is 5.02 Å². The molecule has 8 heteroatoms. The Morgan fingerprint density at radius 3 is 2.56 bits per heavy atom. The second kappa shape index (κ2) is 6.78. The van der Waals surface area contributed by atoms with Crippen LogP contribution < -0.4 is 15.7 Å². The lowest BCUT2D eigenvalue weighted by atomic mass is 10.2. The highest BCUT2D eigenvalue weighted by molar-refractivity contribution is 7.92. The number of nitrogens with one attached hydrogen (secondary N) is 2. The normalized spacial score (nSPS) is 11.4. The summed E-state index contributed by atoms with van der Waals surface area (Å²) in [5, 5.41) is 3.91. The molecule has 2 N–H and O–H groups in total. The van der Waals surface area contributed by atoms with Crippen LogP contribution >= 0.6 is 11.6 Å². The predicted octanol–water partition coefficient (Wildman–Crippen LogP) is 3.68. The number of rotatable bonds is 5. The van der Waals surface area contributed by atoms with E-state index in [0.717, 1.165) is 0 Å². The summed E-state index contributed by atoms with van der Waals surface area (Å²) in [6.45, 7) is 2.35. The van der Waals surface area contributed by atoms with Crippen LogP contribution in [0.5, 0.6) is 0 Å². The van der Waals surface area contributed by atoms with Gasteiger partial charge in [0, 0.05) is 17.0 Å². The first-order valence-corrected chi connectivity index (χ1v) is 9.36. The average Bonchev–Trinajstić information content (AvgIpc) is 2.58. The summed E-state index contributed by atoms with van der Waals surface area (Å²) in [6, 6.07) is 12.7. The molecule has 0 unspecified atom stereocenters. The van der Waals surface area contributed by atoms with Crippen LogP contribution in [0.25, 0.3) is 11.0 Å². The molecule has 1 aromatic heterocycles. The van der Waals surface area contributed by atoms with E-state index >= 15 is 0 Å². The van der Waals surface area contributed by atoms with E-state index in [1.54, 1.807) is 30.3 Å². The van der Waals surface area contributed by atoms with Crippen molar-refractivity contribution < 1.29 is 12.8 Å². The van der Waals surface area contributed by atoms with Crippen molar-refractivity contribution in [2.75, 3.05) is 16.6 Å². The zero-order valence-electron chi connectivity index (χ0n) is 13.2. The van der Waals surface area contributed by atoms with Crippen LogP contribution in [0.1, 0.15) is 6.92 Å². The van der Waals surface area contributed by atoms with Crippen molar-refractivity contribution in [2.24, 2.45) is 0 Å². The highest BCUT2D eigenvalue weighted by Gasteiger charge is 2.21. The van der Waals surface area contributed by atoms with Crippen molar-refractivity contribution in [3.8, 4) is 0 Å². The van der Waals surface area contributed by atoms with Crippen LogP contribution in [0.4, 0.5) is 11.4 Å². The molecule has 0 radical (unpaired) electrons. The molecule has 0 saturated heterocycles. The number of anilines is 2. The largest absolute Gasteiger partial charge is 0.421 e. The summed E-state index contributed by atoms with van der Waals surface area (Å²) in [4.78, 5) is 12.3. The first-order chi connectivity index (χ1) is 11.9. The number of halogens is 1. The van der Waals surface area contributed by atoms with Gasteiger partial charge in [-0.2, -0.15) is 0 Å². The third-order valence-corrected chi connectivity index (χ3v) is 5.09. The Balaban J connectivity index is 2.17. The molecule has 0 spiro atoms. The summed E-state index contributed by atoms with van der Waals surface area (Å²) in [7, 11) is -4.00. The molecule has 130 valence electrons. The van der Waals surface area contributed by atoms with Gasteiger partial charge in [-0.15, -0.1) is 0 Å². The molecule has 2 aromatic carbocycles. The Morgan fingerprint density at radius 2 is 1.84 bits per heavy atom. The van der Waals surface area contributed by atoms with Crippen molar-refractivity contribution >= 4 is 44.0 Å². The molecular weight excluding hydrogens is 364 g/mol. The highest BCUT2D eigenvalue weighted by Crippen LogP contribution is 2.30. The fraction of sp³-hybridized carbons (Fsp3) is 0.118. The maximum Gasteiger partial charge on any atom is 0.363 e. The molecule has 3 aromatic rings. The standard InChI is InChI=1S/C17H15ClN2O4S/c1-2-19-15-13-8-3-4-9-14(13)24-17(21)16(15)20-25(22,23)12-7-5-6-11(18)10-12/h3-10,19-20H,2H2,1H3. The SMILES string of the molecule is CCNc1c(NS(=O)(=O)c2cccc(Cl)c2)c(=O)oc2ccccc12. The van der Waals surface area contributed by atoms with Crippen LogP contribution in [0.3, 0.4) is 0 Å². The van der Waals surface area contributed by atoms with Gasteiger partial charge in [-0.05, 0) is 37.3 Å². The number of fused-ring (bicyclic) bond motifs is 1. The van der Waals surface area contributed by atoms with E-state index < -0.39 is 15.6 Å². The fourth-order valence-electron chi connectivity index (χ4n) is 2.43. The van der Waals surface area contributed by atoms with Gasteiger partial charge < -0.3 is 9.73 Å². The minimum absolute atomic E-state index is 0.0463. The third-order valence-electron chi connectivity index (χ3n) is 3.51. The predicted molar refractivity (Wildman–Crippen MR) is 98.9 cm³/mol. The topological polar surface area (TPSA) is 88.4 Å². The number of benzene rings is 2. The van der Waals surface area contributed by atoms with Crippen molar-refractivity contribution in [1.82, 2.24) is 0 Å². The molecular formula is C17H15ClN2O4S. The highest BCUT2D eigenvalue weighted by atomic mass is 35.5. The molecule has 25 heavy (non-hydrogen) atoms. The van der Waals surface area contributed by atoms with E-state index in [1.807, 2.05) is 6.92 Å². The summed E-state index contributed by atoms with van der Waals surface area (Å²) in [6.07, 6.45) is 0. The number of para-hydroxylation sites is 1. The van der Waals surface area contributed by atoms with E-state index in [4.69, 9.17) is 16.0 Å². The molecule has 0 aliphatic rings. The van der Waals surface area contributed by atoms with Gasteiger partial charge in [0.2, 0.25) is 0 Å². The quantitative estimate of drug-likeness (QED) is 0.661. The maximum absolute atomic E-state index is 12.6. The first-order valence-electron chi connectivity index (χ1n) is 7.50. The lowest BCUT2D eigenvalue weighted by molar-refractivity contribution is 0.563. The minimum Gasteiger partial charge on any atom is -0.421 e. The van der Waals surface area contributed by atoms with E-state index in [2.05, 4.69) is 10.0 Å². The minimum atomic E-state index is -4.00. The van der Waals surface area contributed by atoms with Crippen LogP contribution in [-0.4, -0.2) is 15.0 Å². The second-order valence-electron chi connectivity index (χ2n) is 5.23. The zero-order chi connectivity index (χ0) is 18.0. The molecule has 3 rings (SSSR count). The smallest absolute Gasteiger partial charge is 0.363 e. The fourth-order valence-corrected chi connectivity index (χ4v) is 3.80. The Bertz CT molecular complexity index is 1090. The number of sulfonamides is 1. The van der Waals surface area contributed by atoms with Crippen molar-refractivity contribution in [2.45, 2.75) is 11.8 Å². The molecule has 0 fully saturated rings. The van der Waals surface area contributed by atoms with E-state index in [0.29, 0.717) is 23.2 Å². The Hall–Kier alpha value is -2.51. The summed E-state index contributed by atoms with van der Waals surface area (Å²) in [5.74, 6) is 0. The lowest BCUT2D eigenvalue weighted by Gasteiger charge is -2.14. The zero-order valence-corrected chi connectivity index (χ0v) is 14.8. The Kier molecular flexibility index (Phi) is 4.69. The molecule has 0 aliphatic carbocycles. The average molecular weight is 379 g/mol. The summed E-state index contributed by atoms with van der Waals surface area (Å²) in [5.41, 5.74) is -0.199. The summed E-state index contributed by atoms with van der Waals surface area (Å²) >= 11 is 5.86. The van der Waals surface area contributed by atoms with Gasteiger partial charge in [0.05, 0.1) is 10.6 Å². The molecule has 1 heterocycles. The van der Waals surface area contributed by atoms with Crippen LogP contribution in [0.15, 0.2) is 62.6 Å². The Labute approximate surface area is 149 Å². The Morgan fingerprint density at radius 1 is 1.08 bits per heavy atom. The summed E-state index contributed by atoms with van der Waals surface area (Å²) < 4.78 is 32.8. The van der Waals surface area contributed by atoms with Crippen LogP contribution in [0, 0.1) is 0 Å². The lowest BCUT2D eigenvalue weighted by Crippen LogP contribution is -2.20. The van der Waals surface area contributed by atoms with Gasteiger partial charge in [-0.3, -0.25) is 4.72 Å². The maximum atomic E-state index is 12.6. The first kappa shape index (κ1) is 17.3. The van der Waals surface area contributed by atoms with E-state index in [-0.39, 0.29) is 15.6 Å². The van der Waals surface area contributed by atoms with Crippen molar-refractivity contribution in [3.63, 3.8) is 0 Å². The van der Waals surface area contributed by atoms with Crippen molar-refractivity contribution in [1.29, 1.82) is 0 Å². The number of hydrogen-bond acceptors (Lipinski definition) is 5. The monoisotopic (exact) mass is 378 g/mol. The van der Waals surface area contributed by atoms with Gasteiger partial charge in [-0.25, -0.2) is 13.2 Å². The van der Waals surface area contributed by atoms with Gasteiger partial charge in [0.25, 0.3) is 10.0 Å². The van der Waals surface area contributed by atoms with Crippen LogP contribution in [-0.2, 0) is 10.0 Å². The van der Waals surface area contributed by atoms with Gasteiger partial charge in [0.1, 0.15) is 5.58 Å².